The molecule has 1 aromatic heterocycles. The Balaban J connectivity index is 1.54. The number of methoxy groups -OCH3 is 1. The quantitative estimate of drug-likeness (QED) is 0.937. The van der Waals surface area contributed by atoms with Gasteiger partial charge in [-0.1, -0.05) is 12.1 Å². The summed E-state index contributed by atoms with van der Waals surface area (Å²) in [5, 5.41) is 14.4. The van der Waals surface area contributed by atoms with E-state index < -0.39 is 0 Å². The van der Waals surface area contributed by atoms with Crippen LogP contribution in [0.5, 0.6) is 0 Å². The maximum absolute atomic E-state index is 10.1. The number of aliphatic hydroxyl groups is 1. The summed E-state index contributed by atoms with van der Waals surface area (Å²) in [6, 6.07) is 10.8. The Labute approximate surface area is 142 Å². The third-order valence-electron chi connectivity index (χ3n) is 5.74. The van der Waals surface area contributed by atoms with Crippen LogP contribution in [-0.4, -0.2) is 51.2 Å². The van der Waals surface area contributed by atoms with Crippen molar-refractivity contribution in [1.82, 2.24) is 14.7 Å². The van der Waals surface area contributed by atoms with Gasteiger partial charge in [0.05, 0.1) is 17.4 Å². The standard InChI is InChI=1S/C19H25N3O2/c1-24-19-7-6-17(23)13-18(19)21(11-8-19)14-15-4-2-5-16(12-15)22-10-3-9-20-22/h2-5,9-10,12,17-18,23H,6-8,11,13-14H2,1H3/t17-,18+,19-/m1/s1. The molecule has 24 heavy (non-hydrogen) atoms. The molecule has 5 nitrogen and oxygen atoms in total. The highest BCUT2D eigenvalue weighted by atomic mass is 16.5. The summed E-state index contributed by atoms with van der Waals surface area (Å²) in [5.41, 5.74) is 2.28. The molecule has 1 aliphatic carbocycles. The third kappa shape index (κ3) is 2.77. The first-order chi connectivity index (χ1) is 11.7. The highest BCUT2D eigenvalue weighted by Gasteiger charge is 2.50. The molecular weight excluding hydrogens is 302 g/mol. The van der Waals surface area contributed by atoms with Crippen molar-refractivity contribution in [3.05, 3.63) is 48.3 Å². The van der Waals surface area contributed by atoms with Gasteiger partial charge in [0, 0.05) is 38.6 Å². The average molecular weight is 327 g/mol. The molecule has 3 atom stereocenters. The molecule has 0 amide bonds. The highest BCUT2D eigenvalue weighted by Crippen LogP contribution is 2.42. The molecule has 1 N–H and O–H groups in total. The Morgan fingerprint density at radius 2 is 2.25 bits per heavy atom. The topological polar surface area (TPSA) is 50.5 Å². The van der Waals surface area contributed by atoms with Gasteiger partial charge in [0.1, 0.15) is 0 Å². The smallest absolute Gasteiger partial charge is 0.0847 e. The van der Waals surface area contributed by atoms with Crippen molar-refractivity contribution in [1.29, 1.82) is 0 Å². The fraction of sp³-hybridized carbons (Fsp3) is 0.526. The van der Waals surface area contributed by atoms with Crippen molar-refractivity contribution >= 4 is 0 Å². The zero-order valence-electron chi connectivity index (χ0n) is 14.1. The Bertz CT molecular complexity index is 688. The molecular formula is C19H25N3O2. The van der Waals surface area contributed by atoms with Gasteiger partial charge in [0.15, 0.2) is 0 Å². The van der Waals surface area contributed by atoms with Crippen LogP contribution in [0.1, 0.15) is 31.2 Å². The predicted octanol–water partition coefficient (Wildman–Crippen LogP) is 2.38. The minimum Gasteiger partial charge on any atom is -0.393 e. The molecule has 0 radical (unpaired) electrons. The molecule has 5 heteroatoms. The summed E-state index contributed by atoms with van der Waals surface area (Å²) < 4.78 is 7.82. The molecule has 1 aromatic carbocycles. The minimum absolute atomic E-state index is 0.0706. The third-order valence-corrected chi connectivity index (χ3v) is 5.74. The number of likely N-dealkylation sites (tertiary alicyclic amines) is 1. The van der Waals surface area contributed by atoms with Crippen LogP contribution in [0.2, 0.25) is 0 Å². The van der Waals surface area contributed by atoms with Gasteiger partial charge in [0.25, 0.3) is 0 Å². The molecule has 2 aromatic rings. The number of rotatable bonds is 4. The lowest BCUT2D eigenvalue weighted by molar-refractivity contribution is -0.0879. The van der Waals surface area contributed by atoms with Crippen molar-refractivity contribution in [2.24, 2.45) is 0 Å². The predicted molar refractivity (Wildman–Crippen MR) is 92.0 cm³/mol. The average Bonchev–Trinajstić information content (AvgIpc) is 3.25. The second kappa shape index (κ2) is 6.31. The summed E-state index contributed by atoms with van der Waals surface area (Å²) in [5.74, 6) is 0. The Morgan fingerprint density at radius 3 is 3.04 bits per heavy atom. The number of aromatic nitrogens is 2. The van der Waals surface area contributed by atoms with Crippen molar-refractivity contribution in [3.8, 4) is 5.69 Å². The molecule has 128 valence electrons. The van der Waals surface area contributed by atoms with E-state index in [1.54, 1.807) is 6.20 Å². The lowest BCUT2D eigenvalue weighted by Gasteiger charge is -2.42. The van der Waals surface area contributed by atoms with Gasteiger partial charge in [-0.05, 0) is 49.4 Å². The summed E-state index contributed by atoms with van der Waals surface area (Å²) in [7, 11) is 1.83. The van der Waals surface area contributed by atoms with Crippen LogP contribution in [0.15, 0.2) is 42.7 Å². The lowest BCUT2D eigenvalue weighted by atomic mass is 9.79. The Kier molecular flexibility index (Phi) is 4.16. The van der Waals surface area contributed by atoms with Gasteiger partial charge in [-0.2, -0.15) is 5.10 Å². The number of ether oxygens (including phenoxy) is 1. The van der Waals surface area contributed by atoms with Crippen LogP contribution in [0.25, 0.3) is 5.69 Å². The molecule has 4 rings (SSSR count). The van der Waals surface area contributed by atoms with Crippen molar-refractivity contribution in [2.45, 2.75) is 50.0 Å². The van der Waals surface area contributed by atoms with E-state index in [1.165, 1.54) is 5.56 Å². The van der Waals surface area contributed by atoms with E-state index >= 15 is 0 Å². The van der Waals surface area contributed by atoms with Gasteiger partial charge in [-0.25, -0.2) is 4.68 Å². The maximum Gasteiger partial charge on any atom is 0.0847 e. The zero-order valence-corrected chi connectivity index (χ0v) is 14.1. The van der Waals surface area contributed by atoms with E-state index in [1.807, 2.05) is 24.1 Å². The molecule has 0 spiro atoms. The van der Waals surface area contributed by atoms with E-state index in [0.717, 1.165) is 44.5 Å². The summed E-state index contributed by atoms with van der Waals surface area (Å²) in [4.78, 5) is 2.48. The van der Waals surface area contributed by atoms with Crippen molar-refractivity contribution in [3.63, 3.8) is 0 Å². The molecule has 2 heterocycles. The minimum atomic E-state index is -0.200. The number of benzene rings is 1. The van der Waals surface area contributed by atoms with Crippen LogP contribution in [0.3, 0.4) is 0 Å². The fourth-order valence-electron chi connectivity index (χ4n) is 4.41. The van der Waals surface area contributed by atoms with E-state index in [-0.39, 0.29) is 11.7 Å². The maximum atomic E-state index is 10.1. The molecule has 1 saturated heterocycles. The van der Waals surface area contributed by atoms with Crippen LogP contribution in [-0.2, 0) is 11.3 Å². The molecule has 2 aliphatic rings. The summed E-state index contributed by atoms with van der Waals surface area (Å²) in [6.45, 7) is 1.91. The molecule has 1 saturated carbocycles. The van der Waals surface area contributed by atoms with E-state index in [0.29, 0.717) is 6.04 Å². The number of fused-ring (bicyclic) bond motifs is 1. The number of hydrogen-bond acceptors (Lipinski definition) is 4. The molecule has 0 unspecified atom stereocenters. The van der Waals surface area contributed by atoms with Gasteiger partial charge in [-0.15, -0.1) is 0 Å². The van der Waals surface area contributed by atoms with Gasteiger partial charge >= 0.3 is 0 Å². The van der Waals surface area contributed by atoms with Gasteiger partial charge in [0.2, 0.25) is 0 Å². The number of aliphatic hydroxyl groups excluding tert-OH is 1. The van der Waals surface area contributed by atoms with Crippen LogP contribution in [0, 0.1) is 0 Å². The second-order valence-corrected chi connectivity index (χ2v) is 7.05. The first-order valence-corrected chi connectivity index (χ1v) is 8.76. The SMILES string of the molecule is CO[C@@]12CC[C@@H](O)C[C@@H]1N(Cc1cccc(-n3cccn3)c1)CC2. The first-order valence-electron chi connectivity index (χ1n) is 8.76. The molecule has 1 aliphatic heterocycles. The number of nitrogens with zero attached hydrogens (tertiary/aromatic N) is 3. The molecule has 0 bridgehead atoms. The normalized spacial score (nSPS) is 30.4. The highest BCUT2D eigenvalue weighted by molar-refractivity contribution is 5.35. The van der Waals surface area contributed by atoms with Crippen LogP contribution < -0.4 is 0 Å². The Hall–Kier alpha value is -1.69. The monoisotopic (exact) mass is 327 g/mol. The largest absolute Gasteiger partial charge is 0.393 e. The van der Waals surface area contributed by atoms with Crippen molar-refractivity contribution < 1.29 is 9.84 Å². The van der Waals surface area contributed by atoms with Gasteiger partial charge in [-0.3, -0.25) is 4.90 Å². The first kappa shape index (κ1) is 15.8. The lowest BCUT2D eigenvalue weighted by Crippen LogP contribution is -2.51. The summed E-state index contributed by atoms with van der Waals surface area (Å²) >= 11 is 0. The van der Waals surface area contributed by atoms with Crippen molar-refractivity contribution in [2.75, 3.05) is 13.7 Å². The van der Waals surface area contributed by atoms with E-state index in [2.05, 4.69) is 34.3 Å². The second-order valence-electron chi connectivity index (χ2n) is 7.05. The van der Waals surface area contributed by atoms with Gasteiger partial charge < -0.3 is 9.84 Å². The fourth-order valence-corrected chi connectivity index (χ4v) is 4.41. The number of hydrogen-bond donors (Lipinski definition) is 1. The zero-order chi connectivity index (χ0) is 16.6. The summed E-state index contributed by atoms with van der Waals surface area (Å²) in [6.07, 6.45) is 7.24. The Morgan fingerprint density at radius 1 is 1.33 bits per heavy atom. The van der Waals surface area contributed by atoms with Crippen LogP contribution in [0.4, 0.5) is 0 Å². The van der Waals surface area contributed by atoms with E-state index in [9.17, 15) is 5.11 Å². The van der Waals surface area contributed by atoms with Crippen LogP contribution >= 0.6 is 0 Å². The van der Waals surface area contributed by atoms with E-state index in [4.69, 9.17) is 4.74 Å². The molecule has 2 fully saturated rings.